The van der Waals surface area contributed by atoms with Crippen molar-refractivity contribution >= 4 is 45.7 Å². The molecule has 0 spiro atoms. The molecule has 0 radical (unpaired) electrons. The molecule has 5 nitrogen and oxygen atoms in total. The number of carbonyl (C=O) groups excluding carboxylic acids is 1. The quantitative estimate of drug-likeness (QED) is 0.587. The van der Waals surface area contributed by atoms with Crippen LogP contribution in [0, 0.1) is 6.92 Å². The van der Waals surface area contributed by atoms with E-state index in [0.29, 0.717) is 10.7 Å². The number of benzene rings is 2. The van der Waals surface area contributed by atoms with E-state index in [1.54, 1.807) is 24.3 Å². The molecule has 2 heterocycles. The highest BCUT2D eigenvalue weighted by molar-refractivity contribution is 6.30. The number of rotatable bonds is 3. The number of pyridine rings is 1. The number of nitrogens with one attached hydrogen (secondary N) is 2. The number of halogens is 1. The van der Waals surface area contributed by atoms with Crippen molar-refractivity contribution in [1.29, 1.82) is 0 Å². The van der Waals surface area contributed by atoms with E-state index in [1.165, 1.54) is 19.3 Å². The molecular weight excluding hydrogens is 372 g/mol. The van der Waals surface area contributed by atoms with Crippen LogP contribution in [0.2, 0.25) is 5.02 Å². The SMILES string of the molecule is Cc1cc(N2CCCCC2)nc2ccc(NC(=O)Nc3cccc(Cl)c3)cc12. The maximum absolute atomic E-state index is 12.3. The molecule has 0 aliphatic carbocycles. The van der Waals surface area contributed by atoms with Gasteiger partial charge in [0.2, 0.25) is 0 Å². The van der Waals surface area contributed by atoms with Crippen molar-refractivity contribution in [3.05, 3.63) is 59.1 Å². The molecule has 144 valence electrons. The first-order chi connectivity index (χ1) is 13.6. The van der Waals surface area contributed by atoms with Crippen LogP contribution in [-0.2, 0) is 0 Å². The monoisotopic (exact) mass is 394 g/mol. The van der Waals surface area contributed by atoms with Gasteiger partial charge < -0.3 is 15.5 Å². The third-order valence-electron chi connectivity index (χ3n) is 5.02. The number of aryl methyl sites for hydroxylation is 1. The number of carbonyl (C=O) groups is 1. The summed E-state index contributed by atoms with van der Waals surface area (Å²) in [5, 5.41) is 7.29. The van der Waals surface area contributed by atoms with Crippen molar-refractivity contribution in [2.75, 3.05) is 28.6 Å². The minimum absolute atomic E-state index is 0.308. The van der Waals surface area contributed by atoms with E-state index < -0.39 is 0 Å². The van der Waals surface area contributed by atoms with Gasteiger partial charge in [-0.05, 0) is 74.2 Å². The number of aromatic nitrogens is 1. The van der Waals surface area contributed by atoms with Gasteiger partial charge in [-0.1, -0.05) is 17.7 Å². The van der Waals surface area contributed by atoms with E-state index >= 15 is 0 Å². The molecule has 0 unspecified atom stereocenters. The van der Waals surface area contributed by atoms with Gasteiger partial charge in [0.1, 0.15) is 5.82 Å². The van der Waals surface area contributed by atoms with Crippen LogP contribution in [0.15, 0.2) is 48.5 Å². The van der Waals surface area contributed by atoms with Crippen LogP contribution < -0.4 is 15.5 Å². The summed E-state index contributed by atoms with van der Waals surface area (Å²) in [6, 6.07) is 14.7. The predicted molar refractivity (Wildman–Crippen MR) is 117 cm³/mol. The second kappa shape index (κ2) is 8.07. The van der Waals surface area contributed by atoms with Gasteiger partial charge in [0.25, 0.3) is 0 Å². The first kappa shape index (κ1) is 18.6. The van der Waals surface area contributed by atoms with Crippen molar-refractivity contribution in [2.45, 2.75) is 26.2 Å². The molecule has 1 aromatic heterocycles. The van der Waals surface area contributed by atoms with Gasteiger partial charge in [0, 0.05) is 34.9 Å². The Hall–Kier alpha value is -2.79. The number of hydrogen-bond donors (Lipinski definition) is 2. The molecule has 6 heteroatoms. The zero-order valence-corrected chi connectivity index (χ0v) is 16.6. The number of fused-ring (bicyclic) bond motifs is 1. The van der Waals surface area contributed by atoms with Crippen molar-refractivity contribution in [3.8, 4) is 0 Å². The molecule has 2 N–H and O–H groups in total. The highest BCUT2D eigenvalue weighted by Gasteiger charge is 2.14. The first-order valence-electron chi connectivity index (χ1n) is 9.58. The Bertz CT molecular complexity index is 1010. The fraction of sp³-hybridized carbons (Fsp3) is 0.273. The van der Waals surface area contributed by atoms with Gasteiger partial charge in [-0.2, -0.15) is 0 Å². The van der Waals surface area contributed by atoms with Crippen LogP contribution in [0.3, 0.4) is 0 Å². The summed E-state index contributed by atoms with van der Waals surface area (Å²) >= 11 is 5.96. The highest BCUT2D eigenvalue weighted by atomic mass is 35.5. The van der Waals surface area contributed by atoms with Crippen LogP contribution >= 0.6 is 11.6 Å². The lowest BCUT2D eigenvalue weighted by atomic mass is 10.1. The van der Waals surface area contributed by atoms with Gasteiger partial charge in [-0.3, -0.25) is 0 Å². The second-order valence-corrected chi connectivity index (χ2v) is 7.60. The Morgan fingerprint density at radius 3 is 2.50 bits per heavy atom. The van der Waals surface area contributed by atoms with Crippen LogP contribution in [0.1, 0.15) is 24.8 Å². The number of piperidine rings is 1. The topological polar surface area (TPSA) is 57.3 Å². The fourth-order valence-corrected chi connectivity index (χ4v) is 3.79. The summed E-state index contributed by atoms with van der Waals surface area (Å²) in [7, 11) is 0. The molecule has 28 heavy (non-hydrogen) atoms. The standard InChI is InChI=1S/C22H23ClN4O/c1-15-12-21(27-10-3-2-4-11-27)26-20-9-8-18(14-19(15)20)25-22(28)24-17-7-5-6-16(23)13-17/h5-9,12-14H,2-4,10-11H2,1H3,(H2,24,25,28). The van der Waals surface area contributed by atoms with Crippen LogP contribution in [0.25, 0.3) is 10.9 Å². The second-order valence-electron chi connectivity index (χ2n) is 7.17. The van der Waals surface area contributed by atoms with Gasteiger partial charge in [0.15, 0.2) is 0 Å². The summed E-state index contributed by atoms with van der Waals surface area (Å²) < 4.78 is 0. The smallest absolute Gasteiger partial charge is 0.323 e. The minimum atomic E-state index is -0.308. The Morgan fingerprint density at radius 2 is 1.75 bits per heavy atom. The van der Waals surface area contributed by atoms with E-state index in [9.17, 15) is 4.79 Å². The van der Waals surface area contributed by atoms with Gasteiger partial charge >= 0.3 is 6.03 Å². The van der Waals surface area contributed by atoms with E-state index in [4.69, 9.17) is 16.6 Å². The highest BCUT2D eigenvalue weighted by Crippen LogP contribution is 2.27. The van der Waals surface area contributed by atoms with Crippen molar-refractivity contribution in [1.82, 2.24) is 4.98 Å². The molecule has 1 aliphatic rings. The summed E-state index contributed by atoms with van der Waals surface area (Å²) in [6.07, 6.45) is 3.75. The van der Waals surface area contributed by atoms with Crippen LogP contribution in [-0.4, -0.2) is 24.1 Å². The Labute approximate surface area is 169 Å². The lowest BCUT2D eigenvalue weighted by Crippen LogP contribution is -2.30. The molecule has 0 atom stereocenters. The third-order valence-corrected chi connectivity index (χ3v) is 5.26. The van der Waals surface area contributed by atoms with Crippen molar-refractivity contribution in [2.24, 2.45) is 0 Å². The molecule has 1 fully saturated rings. The molecular formula is C22H23ClN4O. The fourth-order valence-electron chi connectivity index (χ4n) is 3.60. The van der Waals surface area contributed by atoms with Gasteiger partial charge in [-0.15, -0.1) is 0 Å². The zero-order chi connectivity index (χ0) is 19.5. The van der Waals surface area contributed by atoms with Crippen LogP contribution in [0.4, 0.5) is 22.0 Å². The predicted octanol–water partition coefficient (Wildman–Crippen LogP) is 5.83. The van der Waals surface area contributed by atoms with E-state index in [1.807, 2.05) is 18.2 Å². The summed E-state index contributed by atoms with van der Waals surface area (Å²) in [6.45, 7) is 4.23. The van der Waals surface area contributed by atoms with E-state index in [0.717, 1.165) is 41.1 Å². The van der Waals surface area contributed by atoms with Gasteiger partial charge in [0.05, 0.1) is 5.52 Å². The van der Waals surface area contributed by atoms with E-state index in [2.05, 4.69) is 28.5 Å². The molecule has 0 bridgehead atoms. The first-order valence-corrected chi connectivity index (χ1v) is 9.96. The largest absolute Gasteiger partial charge is 0.357 e. The zero-order valence-electron chi connectivity index (χ0n) is 15.8. The Kier molecular flexibility index (Phi) is 5.35. The lowest BCUT2D eigenvalue weighted by Gasteiger charge is -2.28. The number of nitrogens with zero attached hydrogens (tertiary/aromatic N) is 2. The molecule has 1 saturated heterocycles. The summed E-state index contributed by atoms with van der Waals surface area (Å²) in [5.41, 5.74) is 3.48. The number of hydrogen-bond acceptors (Lipinski definition) is 3. The van der Waals surface area contributed by atoms with E-state index in [-0.39, 0.29) is 6.03 Å². The third kappa shape index (κ3) is 4.20. The average molecular weight is 395 g/mol. The molecule has 2 aromatic carbocycles. The van der Waals surface area contributed by atoms with Crippen molar-refractivity contribution in [3.63, 3.8) is 0 Å². The summed E-state index contributed by atoms with van der Waals surface area (Å²) in [5.74, 6) is 1.05. The van der Waals surface area contributed by atoms with Crippen LogP contribution in [0.5, 0.6) is 0 Å². The van der Waals surface area contributed by atoms with Gasteiger partial charge in [-0.25, -0.2) is 9.78 Å². The van der Waals surface area contributed by atoms with Crippen molar-refractivity contribution < 1.29 is 4.79 Å². The minimum Gasteiger partial charge on any atom is -0.357 e. The molecule has 4 rings (SSSR count). The number of amides is 2. The average Bonchev–Trinajstić information content (AvgIpc) is 2.69. The maximum Gasteiger partial charge on any atom is 0.323 e. The number of urea groups is 1. The Morgan fingerprint density at radius 1 is 1.00 bits per heavy atom. The maximum atomic E-state index is 12.3. The molecule has 3 aromatic rings. The lowest BCUT2D eigenvalue weighted by molar-refractivity contribution is 0.262. The summed E-state index contributed by atoms with van der Waals surface area (Å²) in [4.78, 5) is 19.5. The molecule has 1 aliphatic heterocycles. The molecule has 0 saturated carbocycles. The number of anilines is 3. The molecule has 2 amide bonds. The Balaban J connectivity index is 1.52. The normalized spacial score (nSPS) is 14.1.